The summed E-state index contributed by atoms with van der Waals surface area (Å²) in [6.07, 6.45) is 1.18. The fourth-order valence-electron chi connectivity index (χ4n) is 1.89. The first-order valence-corrected chi connectivity index (χ1v) is 4.94. The van der Waals surface area contributed by atoms with Crippen LogP contribution >= 0.6 is 0 Å². The number of benzene rings is 1. The molecule has 1 atom stereocenters. The summed E-state index contributed by atoms with van der Waals surface area (Å²) in [6.45, 7) is 6.90. The van der Waals surface area contributed by atoms with Gasteiger partial charge in [0, 0.05) is 11.7 Å². The maximum atomic E-state index is 3.55. The molecule has 1 heterocycles. The van der Waals surface area contributed by atoms with Crippen LogP contribution in [0.1, 0.15) is 26.3 Å². The van der Waals surface area contributed by atoms with Gasteiger partial charge in [-0.15, -0.1) is 0 Å². The SMILES string of the molecule is CC1Nc2ccccc2CC1(C)C. The zero-order chi connectivity index (χ0) is 9.47. The van der Waals surface area contributed by atoms with E-state index in [1.54, 1.807) is 0 Å². The summed E-state index contributed by atoms with van der Waals surface area (Å²) >= 11 is 0. The average molecular weight is 175 g/mol. The van der Waals surface area contributed by atoms with E-state index >= 15 is 0 Å². The quantitative estimate of drug-likeness (QED) is 0.639. The van der Waals surface area contributed by atoms with Gasteiger partial charge in [0.15, 0.2) is 0 Å². The van der Waals surface area contributed by atoms with Crippen LogP contribution in [0.15, 0.2) is 24.3 Å². The second-order valence-corrected chi connectivity index (χ2v) is 4.69. The predicted molar refractivity (Wildman–Crippen MR) is 57.0 cm³/mol. The van der Waals surface area contributed by atoms with Gasteiger partial charge in [0.25, 0.3) is 0 Å². The molecule has 0 saturated carbocycles. The molecule has 0 aromatic heterocycles. The van der Waals surface area contributed by atoms with E-state index in [2.05, 4.69) is 50.4 Å². The third kappa shape index (κ3) is 1.43. The fraction of sp³-hybridized carbons (Fsp3) is 0.500. The van der Waals surface area contributed by atoms with E-state index < -0.39 is 0 Å². The molecule has 1 heteroatoms. The fourth-order valence-corrected chi connectivity index (χ4v) is 1.89. The van der Waals surface area contributed by atoms with E-state index in [0.29, 0.717) is 11.5 Å². The Morgan fingerprint density at radius 1 is 1.31 bits per heavy atom. The first-order chi connectivity index (χ1) is 6.09. The first kappa shape index (κ1) is 8.61. The summed E-state index contributed by atoms with van der Waals surface area (Å²) in [4.78, 5) is 0. The molecule has 70 valence electrons. The molecule has 0 amide bonds. The number of nitrogens with one attached hydrogen (secondary N) is 1. The highest BCUT2D eigenvalue weighted by Gasteiger charge is 2.31. The highest BCUT2D eigenvalue weighted by molar-refractivity contribution is 5.54. The molecular weight excluding hydrogens is 158 g/mol. The second-order valence-electron chi connectivity index (χ2n) is 4.69. The van der Waals surface area contributed by atoms with Crippen molar-refractivity contribution >= 4 is 5.69 Å². The van der Waals surface area contributed by atoms with Crippen molar-refractivity contribution in [1.82, 2.24) is 0 Å². The summed E-state index contributed by atoms with van der Waals surface area (Å²) < 4.78 is 0. The molecule has 0 aliphatic carbocycles. The van der Waals surface area contributed by atoms with Gasteiger partial charge < -0.3 is 5.32 Å². The summed E-state index contributed by atoms with van der Waals surface area (Å²) in [6, 6.07) is 9.16. The van der Waals surface area contributed by atoms with E-state index in [-0.39, 0.29) is 0 Å². The van der Waals surface area contributed by atoms with Gasteiger partial charge in [-0.3, -0.25) is 0 Å². The first-order valence-electron chi connectivity index (χ1n) is 4.94. The normalized spacial score (nSPS) is 24.7. The minimum Gasteiger partial charge on any atom is -0.382 e. The van der Waals surface area contributed by atoms with Gasteiger partial charge in [0.2, 0.25) is 0 Å². The van der Waals surface area contributed by atoms with Crippen molar-refractivity contribution in [2.45, 2.75) is 33.2 Å². The smallest absolute Gasteiger partial charge is 0.0375 e. The summed E-state index contributed by atoms with van der Waals surface area (Å²) in [5.74, 6) is 0. The Bertz CT molecular complexity index is 315. The molecule has 1 N–H and O–H groups in total. The average Bonchev–Trinajstić information content (AvgIpc) is 2.06. The zero-order valence-electron chi connectivity index (χ0n) is 8.59. The van der Waals surface area contributed by atoms with Gasteiger partial charge in [-0.25, -0.2) is 0 Å². The van der Waals surface area contributed by atoms with Crippen LogP contribution in [-0.4, -0.2) is 6.04 Å². The van der Waals surface area contributed by atoms with Crippen molar-refractivity contribution in [2.75, 3.05) is 5.32 Å². The minimum absolute atomic E-state index is 0.369. The van der Waals surface area contributed by atoms with Crippen molar-refractivity contribution in [3.8, 4) is 0 Å². The molecule has 0 spiro atoms. The van der Waals surface area contributed by atoms with Gasteiger partial charge >= 0.3 is 0 Å². The van der Waals surface area contributed by atoms with E-state index in [1.165, 1.54) is 17.7 Å². The third-order valence-electron chi connectivity index (χ3n) is 3.21. The number of fused-ring (bicyclic) bond motifs is 1. The Balaban J connectivity index is 2.39. The van der Waals surface area contributed by atoms with Crippen molar-refractivity contribution in [1.29, 1.82) is 0 Å². The number of hydrogen-bond donors (Lipinski definition) is 1. The molecule has 0 fully saturated rings. The number of hydrogen-bond acceptors (Lipinski definition) is 1. The second kappa shape index (κ2) is 2.76. The van der Waals surface area contributed by atoms with Crippen LogP contribution < -0.4 is 5.32 Å². The Labute approximate surface area is 80.2 Å². The molecule has 1 nitrogen and oxygen atoms in total. The van der Waals surface area contributed by atoms with Gasteiger partial charge in [-0.05, 0) is 30.4 Å². The van der Waals surface area contributed by atoms with Gasteiger partial charge in [-0.2, -0.15) is 0 Å². The number of anilines is 1. The largest absolute Gasteiger partial charge is 0.382 e. The van der Waals surface area contributed by atoms with E-state index in [4.69, 9.17) is 0 Å². The van der Waals surface area contributed by atoms with Crippen LogP contribution in [-0.2, 0) is 6.42 Å². The maximum absolute atomic E-state index is 3.55. The number of rotatable bonds is 0. The molecule has 2 rings (SSSR count). The molecular formula is C12H17N. The highest BCUT2D eigenvalue weighted by atomic mass is 14.9. The lowest BCUT2D eigenvalue weighted by Gasteiger charge is -2.38. The van der Waals surface area contributed by atoms with Gasteiger partial charge in [-0.1, -0.05) is 32.0 Å². The lowest BCUT2D eigenvalue weighted by Crippen LogP contribution is -2.39. The Kier molecular flexibility index (Phi) is 1.83. The lowest BCUT2D eigenvalue weighted by atomic mass is 9.76. The molecule has 13 heavy (non-hydrogen) atoms. The number of para-hydroxylation sites is 1. The lowest BCUT2D eigenvalue weighted by molar-refractivity contribution is 0.306. The van der Waals surface area contributed by atoms with Crippen LogP contribution in [0.4, 0.5) is 5.69 Å². The van der Waals surface area contributed by atoms with Crippen LogP contribution in [0.3, 0.4) is 0 Å². The monoisotopic (exact) mass is 175 g/mol. The Morgan fingerprint density at radius 3 is 2.77 bits per heavy atom. The molecule has 1 aromatic rings. The van der Waals surface area contributed by atoms with Crippen LogP contribution in [0.5, 0.6) is 0 Å². The van der Waals surface area contributed by atoms with Crippen molar-refractivity contribution < 1.29 is 0 Å². The minimum atomic E-state index is 0.369. The summed E-state index contributed by atoms with van der Waals surface area (Å²) in [5, 5.41) is 3.55. The summed E-state index contributed by atoms with van der Waals surface area (Å²) in [5.41, 5.74) is 3.13. The van der Waals surface area contributed by atoms with E-state index in [1.807, 2.05) is 0 Å². The molecule has 0 saturated heterocycles. The highest BCUT2D eigenvalue weighted by Crippen LogP contribution is 2.35. The van der Waals surface area contributed by atoms with Crippen LogP contribution in [0.2, 0.25) is 0 Å². The van der Waals surface area contributed by atoms with Gasteiger partial charge in [0.05, 0.1) is 0 Å². The van der Waals surface area contributed by atoms with Crippen molar-refractivity contribution in [3.63, 3.8) is 0 Å². The third-order valence-corrected chi connectivity index (χ3v) is 3.21. The standard InChI is InChI=1S/C12H17N/c1-9-12(2,3)8-10-6-4-5-7-11(10)13-9/h4-7,9,13H,8H2,1-3H3. The zero-order valence-corrected chi connectivity index (χ0v) is 8.59. The van der Waals surface area contributed by atoms with Crippen LogP contribution in [0, 0.1) is 5.41 Å². The molecule has 0 bridgehead atoms. The Hall–Kier alpha value is -0.980. The molecule has 1 aromatic carbocycles. The molecule has 1 unspecified atom stereocenters. The van der Waals surface area contributed by atoms with Crippen molar-refractivity contribution in [3.05, 3.63) is 29.8 Å². The topological polar surface area (TPSA) is 12.0 Å². The summed E-state index contributed by atoms with van der Waals surface area (Å²) in [7, 11) is 0. The van der Waals surface area contributed by atoms with E-state index in [0.717, 1.165) is 0 Å². The maximum Gasteiger partial charge on any atom is 0.0375 e. The van der Waals surface area contributed by atoms with Gasteiger partial charge in [0.1, 0.15) is 0 Å². The van der Waals surface area contributed by atoms with E-state index in [9.17, 15) is 0 Å². The molecule has 1 aliphatic heterocycles. The molecule has 0 radical (unpaired) electrons. The van der Waals surface area contributed by atoms with Crippen molar-refractivity contribution in [2.24, 2.45) is 5.41 Å². The Morgan fingerprint density at radius 2 is 2.00 bits per heavy atom. The predicted octanol–water partition coefficient (Wildman–Crippen LogP) is 3.07. The van der Waals surface area contributed by atoms with Crippen LogP contribution in [0.25, 0.3) is 0 Å². The molecule has 1 aliphatic rings.